The van der Waals surface area contributed by atoms with Crippen LogP contribution < -0.4 is 10.9 Å². The molecule has 27 heavy (non-hydrogen) atoms. The molecule has 1 aliphatic rings. The van der Waals surface area contributed by atoms with Crippen molar-refractivity contribution in [1.82, 2.24) is 15.2 Å². The molecule has 2 amide bonds. The highest BCUT2D eigenvalue weighted by atomic mass is 35.5. The topological polar surface area (TPSA) is 122 Å². The van der Waals surface area contributed by atoms with Crippen molar-refractivity contribution in [1.29, 1.82) is 0 Å². The molecule has 1 aromatic rings. The van der Waals surface area contributed by atoms with E-state index in [1.807, 2.05) is 10.9 Å². The molecule has 0 spiro atoms. The van der Waals surface area contributed by atoms with Crippen molar-refractivity contribution in [2.75, 3.05) is 19.7 Å². The van der Waals surface area contributed by atoms with Crippen LogP contribution in [0.25, 0.3) is 0 Å². The van der Waals surface area contributed by atoms with Crippen LogP contribution in [0.2, 0.25) is 5.02 Å². The van der Waals surface area contributed by atoms with Gasteiger partial charge in [-0.1, -0.05) is 18.0 Å². The molecular weight excluding hydrogens is 398 g/mol. The summed E-state index contributed by atoms with van der Waals surface area (Å²) in [5.74, 6) is -2.12. The Morgan fingerprint density at radius 3 is 2.44 bits per heavy atom. The summed E-state index contributed by atoms with van der Waals surface area (Å²) in [6.07, 6.45) is 2.50. The maximum absolute atomic E-state index is 12.8. The van der Waals surface area contributed by atoms with Gasteiger partial charge in [0.1, 0.15) is 4.90 Å². The minimum atomic E-state index is -3.83. The van der Waals surface area contributed by atoms with Crippen LogP contribution in [-0.2, 0) is 24.3 Å². The van der Waals surface area contributed by atoms with Gasteiger partial charge in [0, 0.05) is 20.0 Å². The third kappa shape index (κ3) is 5.65. The molecule has 1 heterocycles. The number of amides is 2. The highest BCUT2D eigenvalue weighted by Crippen LogP contribution is 2.28. The summed E-state index contributed by atoms with van der Waals surface area (Å²) in [7, 11) is -3.83. The van der Waals surface area contributed by atoms with Crippen molar-refractivity contribution in [3.63, 3.8) is 0 Å². The van der Waals surface area contributed by atoms with Gasteiger partial charge in [0.25, 0.3) is 5.91 Å². The molecule has 1 aliphatic heterocycles. The molecule has 0 aliphatic carbocycles. The number of nitrogens with zero attached hydrogens (tertiary/aromatic N) is 1. The fourth-order valence-corrected chi connectivity index (χ4v) is 4.50. The summed E-state index contributed by atoms with van der Waals surface area (Å²) in [6, 6.07) is 3.75. The monoisotopic (exact) mass is 417 g/mol. The van der Waals surface area contributed by atoms with Gasteiger partial charge in [-0.2, -0.15) is 4.31 Å². The minimum absolute atomic E-state index is 0.000486. The maximum atomic E-state index is 12.8. The summed E-state index contributed by atoms with van der Waals surface area (Å²) in [5.41, 5.74) is 4.03. The van der Waals surface area contributed by atoms with Gasteiger partial charge in [-0.05, 0) is 31.0 Å². The van der Waals surface area contributed by atoms with Crippen molar-refractivity contribution in [2.24, 2.45) is 0 Å². The van der Waals surface area contributed by atoms with E-state index in [-0.39, 0.29) is 15.5 Å². The molecule has 1 saturated heterocycles. The van der Waals surface area contributed by atoms with Crippen molar-refractivity contribution in [2.45, 2.75) is 31.1 Å². The van der Waals surface area contributed by atoms with E-state index in [2.05, 4.69) is 0 Å². The fraction of sp³-hybridized carbons (Fsp3) is 0.438. The Labute approximate surface area is 162 Å². The molecule has 0 unspecified atom stereocenters. The van der Waals surface area contributed by atoms with E-state index in [1.54, 1.807) is 0 Å². The standard InChI is InChI=1S/C16H20ClN3O6S/c1-11(21)18-19-15(22)10-26-16(23)12-5-6-13(17)14(9-12)27(24,25)20-7-3-2-4-8-20/h5-6,9H,2-4,7-8,10H2,1H3,(H,18,21)(H,19,22). The van der Waals surface area contributed by atoms with Crippen LogP contribution in [0, 0.1) is 0 Å². The zero-order chi connectivity index (χ0) is 20.0. The van der Waals surface area contributed by atoms with Crippen LogP contribution in [0.4, 0.5) is 0 Å². The molecule has 1 aromatic carbocycles. The van der Waals surface area contributed by atoms with Crippen molar-refractivity contribution in [3.8, 4) is 0 Å². The van der Waals surface area contributed by atoms with Crippen LogP contribution >= 0.6 is 11.6 Å². The van der Waals surface area contributed by atoms with E-state index >= 15 is 0 Å². The van der Waals surface area contributed by atoms with E-state index in [4.69, 9.17) is 16.3 Å². The zero-order valence-corrected chi connectivity index (χ0v) is 16.2. The molecule has 2 rings (SSSR count). The van der Waals surface area contributed by atoms with Gasteiger partial charge in [0.05, 0.1) is 10.6 Å². The van der Waals surface area contributed by atoms with Gasteiger partial charge in [-0.3, -0.25) is 20.4 Å². The number of rotatable bonds is 5. The lowest BCUT2D eigenvalue weighted by atomic mass is 10.2. The van der Waals surface area contributed by atoms with Crippen LogP contribution in [-0.4, -0.2) is 50.2 Å². The Hall–Kier alpha value is -2.17. The Bertz CT molecular complexity index is 837. The average molecular weight is 418 g/mol. The Kier molecular flexibility index (Phi) is 7.17. The molecule has 9 nitrogen and oxygen atoms in total. The minimum Gasteiger partial charge on any atom is -0.452 e. The second-order valence-electron chi connectivity index (χ2n) is 5.92. The number of carbonyl (C=O) groups excluding carboxylic acids is 3. The number of piperidine rings is 1. The predicted molar refractivity (Wildman–Crippen MR) is 96.3 cm³/mol. The average Bonchev–Trinajstić information content (AvgIpc) is 2.65. The van der Waals surface area contributed by atoms with Crippen molar-refractivity contribution < 1.29 is 27.5 Å². The molecule has 2 N–H and O–H groups in total. The number of esters is 1. The molecular formula is C16H20ClN3O6S. The van der Waals surface area contributed by atoms with Crippen LogP contribution in [0.3, 0.4) is 0 Å². The first kappa shape index (κ1) is 21.1. The smallest absolute Gasteiger partial charge is 0.338 e. The first-order valence-corrected chi connectivity index (χ1v) is 10.1. The summed E-state index contributed by atoms with van der Waals surface area (Å²) in [4.78, 5) is 34.1. The number of sulfonamides is 1. The van der Waals surface area contributed by atoms with Gasteiger partial charge in [-0.15, -0.1) is 0 Å². The Morgan fingerprint density at radius 2 is 1.81 bits per heavy atom. The number of benzene rings is 1. The van der Waals surface area contributed by atoms with Gasteiger partial charge in [0.15, 0.2) is 6.61 Å². The number of halogens is 1. The van der Waals surface area contributed by atoms with E-state index in [9.17, 15) is 22.8 Å². The summed E-state index contributed by atoms with van der Waals surface area (Å²) in [6.45, 7) is 1.35. The van der Waals surface area contributed by atoms with E-state index in [0.717, 1.165) is 25.3 Å². The normalized spacial score (nSPS) is 15.0. The summed E-state index contributed by atoms with van der Waals surface area (Å²) >= 11 is 6.04. The van der Waals surface area contributed by atoms with Gasteiger partial charge >= 0.3 is 5.97 Å². The Morgan fingerprint density at radius 1 is 1.15 bits per heavy atom. The summed E-state index contributed by atoms with van der Waals surface area (Å²) < 4.78 is 31.7. The van der Waals surface area contributed by atoms with Crippen molar-refractivity contribution >= 4 is 39.4 Å². The maximum Gasteiger partial charge on any atom is 0.338 e. The first-order chi connectivity index (χ1) is 12.7. The van der Waals surface area contributed by atoms with Crippen LogP contribution in [0.5, 0.6) is 0 Å². The lowest BCUT2D eigenvalue weighted by Crippen LogP contribution is -2.42. The number of hydrazine groups is 1. The highest BCUT2D eigenvalue weighted by Gasteiger charge is 2.29. The van der Waals surface area contributed by atoms with Crippen molar-refractivity contribution in [3.05, 3.63) is 28.8 Å². The van der Waals surface area contributed by atoms with E-state index in [0.29, 0.717) is 13.1 Å². The molecule has 0 radical (unpaired) electrons. The van der Waals surface area contributed by atoms with E-state index < -0.39 is 34.4 Å². The number of hydrogen-bond donors (Lipinski definition) is 2. The molecule has 1 fully saturated rings. The van der Waals surface area contributed by atoms with Gasteiger partial charge in [0.2, 0.25) is 15.9 Å². The quantitative estimate of drug-likeness (QED) is 0.540. The Balaban J connectivity index is 2.10. The third-order valence-corrected chi connectivity index (χ3v) is 6.19. The number of nitrogens with one attached hydrogen (secondary N) is 2. The largest absolute Gasteiger partial charge is 0.452 e. The number of hydrogen-bond acceptors (Lipinski definition) is 6. The SMILES string of the molecule is CC(=O)NNC(=O)COC(=O)c1ccc(Cl)c(S(=O)(=O)N2CCCCC2)c1. The lowest BCUT2D eigenvalue weighted by Gasteiger charge is -2.26. The second kappa shape index (κ2) is 9.16. The number of carbonyl (C=O) groups is 3. The lowest BCUT2D eigenvalue weighted by molar-refractivity contribution is -0.129. The summed E-state index contributed by atoms with van der Waals surface area (Å²) in [5, 5.41) is 0.000486. The molecule has 0 bridgehead atoms. The molecule has 0 saturated carbocycles. The molecule has 0 aromatic heterocycles. The predicted octanol–water partition coefficient (Wildman–Crippen LogP) is 0.839. The van der Waals surface area contributed by atoms with Gasteiger partial charge in [-0.25, -0.2) is 13.2 Å². The molecule has 0 atom stereocenters. The fourth-order valence-electron chi connectivity index (χ4n) is 2.48. The van der Waals surface area contributed by atoms with Crippen LogP contribution in [0.1, 0.15) is 36.5 Å². The second-order valence-corrected chi connectivity index (χ2v) is 8.23. The zero-order valence-electron chi connectivity index (χ0n) is 14.7. The number of ether oxygens (including phenoxy) is 1. The molecule has 148 valence electrons. The highest BCUT2D eigenvalue weighted by molar-refractivity contribution is 7.89. The van der Waals surface area contributed by atoms with E-state index in [1.165, 1.54) is 23.4 Å². The van der Waals surface area contributed by atoms with Gasteiger partial charge < -0.3 is 4.74 Å². The van der Waals surface area contributed by atoms with Crippen LogP contribution in [0.15, 0.2) is 23.1 Å². The first-order valence-electron chi connectivity index (χ1n) is 8.24. The molecule has 11 heteroatoms. The third-order valence-electron chi connectivity index (χ3n) is 3.81.